The van der Waals surface area contributed by atoms with Crippen molar-refractivity contribution in [2.45, 2.75) is 31.8 Å². The Bertz CT molecular complexity index is 348. The average molecular weight is 297 g/mol. The van der Waals surface area contributed by atoms with Crippen LogP contribution in [0, 0.1) is 0 Å². The number of hydrogen-bond acceptors (Lipinski definition) is 2. The predicted octanol–water partition coefficient (Wildman–Crippen LogP) is 3.02. The van der Waals surface area contributed by atoms with Crippen LogP contribution < -0.4 is 5.32 Å². The molecule has 3 heteroatoms. The number of piperidine rings is 1. The molecule has 0 aromatic heterocycles. The number of benzene rings is 1. The predicted molar refractivity (Wildman–Crippen MR) is 76.1 cm³/mol. The Balaban J connectivity index is 1.82. The highest BCUT2D eigenvalue weighted by Crippen LogP contribution is 2.14. The van der Waals surface area contributed by atoms with Crippen LogP contribution in [0.15, 0.2) is 28.7 Å². The highest BCUT2D eigenvalue weighted by atomic mass is 79.9. The monoisotopic (exact) mass is 296 g/mol. The van der Waals surface area contributed by atoms with Gasteiger partial charge in [-0.3, -0.25) is 0 Å². The van der Waals surface area contributed by atoms with Crippen LogP contribution in [0.2, 0.25) is 0 Å². The lowest BCUT2D eigenvalue weighted by molar-refractivity contribution is 0.256. The fourth-order valence-corrected chi connectivity index (χ4v) is 2.91. The van der Waals surface area contributed by atoms with Crippen LogP contribution in [-0.2, 0) is 6.54 Å². The van der Waals surface area contributed by atoms with Gasteiger partial charge in [0.05, 0.1) is 0 Å². The summed E-state index contributed by atoms with van der Waals surface area (Å²) in [4.78, 5) is 2.41. The van der Waals surface area contributed by atoms with Gasteiger partial charge in [0.1, 0.15) is 0 Å². The Morgan fingerprint density at radius 2 is 2.29 bits per heavy atom. The second-order valence-corrected chi connectivity index (χ2v) is 5.89. The van der Waals surface area contributed by atoms with E-state index in [2.05, 4.69) is 57.5 Å². The molecule has 0 aliphatic carbocycles. The van der Waals surface area contributed by atoms with Crippen molar-refractivity contribution in [3.8, 4) is 0 Å². The van der Waals surface area contributed by atoms with Gasteiger partial charge in [0.2, 0.25) is 0 Å². The lowest BCUT2D eigenvalue weighted by Crippen LogP contribution is -2.42. The lowest BCUT2D eigenvalue weighted by atomic mass is 10.0. The Morgan fingerprint density at radius 1 is 1.41 bits per heavy atom. The molecular formula is C14H21BrN2. The molecule has 1 saturated heterocycles. The number of rotatable bonds is 4. The molecule has 0 spiro atoms. The number of halogens is 1. The van der Waals surface area contributed by atoms with E-state index in [1.54, 1.807) is 0 Å². The minimum Gasteiger partial charge on any atom is -0.313 e. The molecule has 2 rings (SSSR count). The van der Waals surface area contributed by atoms with Gasteiger partial charge in [-0.15, -0.1) is 0 Å². The molecule has 1 heterocycles. The van der Waals surface area contributed by atoms with Crippen molar-refractivity contribution in [3.63, 3.8) is 0 Å². The van der Waals surface area contributed by atoms with Gasteiger partial charge in [-0.2, -0.15) is 0 Å². The minimum absolute atomic E-state index is 0.681. The summed E-state index contributed by atoms with van der Waals surface area (Å²) in [5.41, 5.74) is 1.37. The number of likely N-dealkylation sites (N-methyl/N-ethyl adjacent to an activating group) is 1. The summed E-state index contributed by atoms with van der Waals surface area (Å²) < 4.78 is 1.17. The van der Waals surface area contributed by atoms with E-state index in [0.717, 1.165) is 13.1 Å². The third-order valence-electron chi connectivity index (χ3n) is 3.29. The van der Waals surface area contributed by atoms with E-state index in [-0.39, 0.29) is 0 Å². The third kappa shape index (κ3) is 4.41. The SMILES string of the molecule is CN(Cc1cccc(Br)c1)CC1CCCCN1. The Morgan fingerprint density at radius 3 is 3.00 bits per heavy atom. The molecular weight excluding hydrogens is 276 g/mol. The van der Waals surface area contributed by atoms with Crippen molar-refractivity contribution >= 4 is 15.9 Å². The summed E-state index contributed by atoms with van der Waals surface area (Å²) in [7, 11) is 2.21. The fraction of sp³-hybridized carbons (Fsp3) is 0.571. The van der Waals surface area contributed by atoms with Crippen molar-refractivity contribution < 1.29 is 0 Å². The lowest BCUT2D eigenvalue weighted by Gasteiger charge is -2.28. The second-order valence-electron chi connectivity index (χ2n) is 4.97. The zero-order chi connectivity index (χ0) is 12.1. The van der Waals surface area contributed by atoms with E-state index >= 15 is 0 Å². The summed E-state index contributed by atoms with van der Waals surface area (Å²) in [5, 5.41) is 3.60. The Labute approximate surface area is 113 Å². The maximum Gasteiger partial charge on any atom is 0.0231 e. The summed E-state index contributed by atoms with van der Waals surface area (Å²) >= 11 is 3.52. The van der Waals surface area contributed by atoms with E-state index in [1.165, 1.54) is 35.8 Å². The van der Waals surface area contributed by atoms with Crippen LogP contribution in [0.5, 0.6) is 0 Å². The van der Waals surface area contributed by atoms with Crippen LogP contribution in [0.4, 0.5) is 0 Å². The zero-order valence-corrected chi connectivity index (χ0v) is 12.0. The standard InChI is InChI=1S/C14H21BrN2/c1-17(11-14-7-2-3-8-16-14)10-12-5-4-6-13(15)9-12/h4-6,9,14,16H,2-3,7-8,10-11H2,1H3. The molecule has 17 heavy (non-hydrogen) atoms. The van der Waals surface area contributed by atoms with Crippen LogP contribution in [0.25, 0.3) is 0 Å². The first-order valence-corrected chi connectivity index (χ1v) is 7.20. The van der Waals surface area contributed by atoms with Gasteiger partial charge >= 0.3 is 0 Å². The topological polar surface area (TPSA) is 15.3 Å². The minimum atomic E-state index is 0.681. The van der Waals surface area contributed by atoms with Crippen LogP contribution in [-0.4, -0.2) is 31.1 Å². The summed E-state index contributed by atoms with van der Waals surface area (Å²) in [6.07, 6.45) is 4.04. The van der Waals surface area contributed by atoms with Gasteiger partial charge in [0.25, 0.3) is 0 Å². The summed E-state index contributed by atoms with van der Waals surface area (Å²) in [5.74, 6) is 0. The van der Waals surface area contributed by atoms with E-state index in [9.17, 15) is 0 Å². The smallest absolute Gasteiger partial charge is 0.0231 e. The normalized spacial score (nSPS) is 20.8. The highest BCUT2D eigenvalue weighted by Gasteiger charge is 2.14. The first-order chi connectivity index (χ1) is 8.24. The Kier molecular flexibility index (Phi) is 5.01. The molecule has 94 valence electrons. The first-order valence-electron chi connectivity index (χ1n) is 6.40. The van der Waals surface area contributed by atoms with Crippen molar-refractivity contribution in [2.75, 3.05) is 20.1 Å². The molecule has 0 amide bonds. The van der Waals surface area contributed by atoms with Gasteiger partial charge in [-0.25, -0.2) is 0 Å². The van der Waals surface area contributed by atoms with Crippen molar-refractivity contribution in [1.29, 1.82) is 0 Å². The van der Waals surface area contributed by atoms with E-state index < -0.39 is 0 Å². The molecule has 1 atom stereocenters. The van der Waals surface area contributed by atoms with Gasteiger partial charge < -0.3 is 10.2 Å². The number of nitrogens with one attached hydrogen (secondary N) is 1. The molecule has 1 aromatic rings. The van der Waals surface area contributed by atoms with Crippen LogP contribution in [0.1, 0.15) is 24.8 Å². The van der Waals surface area contributed by atoms with E-state index in [1.807, 2.05) is 0 Å². The maximum atomic E-state index is 3.60. The second kappa shape index (κ2) is 6.53. The molecule has 1 aliphatic rings. The molecule has 2 nitrogen and oxygen atoms in total. The molecule has 1 unspecified atom stereocenters. The first kappa shape index (κ1) is 13.1. The number of hydrogen-bond donors (Lipinski definition) is 1. The molecule has 1 fully saturated rings. The highest BCUT2D eigenvalue weighted by molar-refractivity contribution is 9.10. The third-order valence-corrected chi connectivity index (χ3v) is 3.78. The quantitative estimate of drug-likeness (QED) is 0.919. The fourth-order valence-electron chi connectivity index (χ4n) is 2.47. The van der Waals surface area contributed by atoms with Gasteiger partial charge in [0.15, 0.2) is 0 Å². The van der Waals surface area contributed by atoms with Gasteiger partial charge in [-0.1, -0.05) is 34.5 Å². The zero-order valence-electron chi connectivity index (χ0n) is 10.5. The summed E-state index contributed by atoms with van der Waals surface area (Å²) in [6.45, 7) is 3.36. The van der Waals surface area contributed by atoms with E-state index in [0.29, 0.717) is 6.04 Å². The van der Waals surface area contributed by atoms with Crippen molar-refractivity contribution in [1.82, 2.24) is 10.2 Å². The summed E-state index contributed by atoms with van der Waals surface area (Å²) in [6, 6.07) is 9.25. The largest absolute Gasteiger partial charge is 0.313 e. The van der Waals surface area contributed by atoms with Gasteiger partial charge in [-0.05, 0) is 44.1 Å². The number of nitrogens with zero attached hydrogens (tertiary/aromatic N) is 1. The molecule has 1 N–H and O–H groups in total. The molecule has 1 aromatic carbocycles. The average Bonchev–Trinajstić information content (AvgIpc) is 2.30. The molecule has 0 radical (unpaired) electrons. The van der Waals surface area contributed by atoms with E-state index in [4.69, 9.17) is 0 Å². The van der Waals surface area contributed by atoms with Gasteiger partial charge in [0, 0.05) is 23.6 Å². The molecule has 0 saturated carbocycles. The molecule has 1 aliphatic heterocycles. The Hall–Kier alpha value is -0.380. The molecule has 0 bridgehead atoms. The maximum absolute atomic E-state index is 3.60. The van der Waals surface area contributed by atoms with Crippen LogP contribution in [0.3, 0.4) is 0 Å². The van der Waals surface area contributed by atoms with Crippen molar-refractivity contribution in [3.05, 3.63) is 34.3 Å². The van der Waals surface area contributed by atoms with Crippen molar-refractivity contribution in [2.24, 2.45) is 0 Å². The van der Waals surface area contributed by atoms with Crippen LogP contribution >= 0.6 is 15.9 Å².